The van der Waals surface area contributed by atoms with Crippen molar-refractivity contribution in [1.82, 2.24) is 0 Å². The van der Waals surface area contributed by atoms with Crippen LogP contribution in [0.2, 0.25) is 0 Å². The highest BCUT2D eigenvalue weighted by Crippen LogP contribution is 2.57. The van der Waals surface area contributed by atoms with Gasteiger partial charge in [-0.15, -0.1) is 0 Å². The lowest BCUT2D eigenvalue weighted by Gasteiger charge is -2.53. The summed E-state index contributed by atoms with van der Waals surface area (Å²) < 4.78 is 50.5. The molecule has 2 saturated carbocycles. The van der Waals surface area contributed by atoms with E-state index in [-0.39, 0.29) is 36.6 Å². The van der Waals surface area contributed by atoms with Crippen LogP contribution in [0.15, 0.2) is 97.1 Å². The zero-order valence-corrected chi connectivity index (χ0v) is 32.0. The summed E-state index contributed by atoms with van der Waals surface area (Å²) in [6, 6.07) is 31.7. The van der Waals surface area contributed by atoms with E-state index in [1.807, 2.05) is 60.7 Å². The molecule has 4 aromatic rings. The van der Waals surface area contributed by atoms with E-state index in [2.05, 4.69) is 30.3 Å². The van der Waals surface area contributed by atoms with Crippen molar-refractivity contribution >= 4 is 17.7 Å². The van der Waals surface area contributed by atoms with Crippen LogP contribution in [0.25, 0.3) is 0 Å². The molecule has 0 aliphatic heterocycles. The van der Waals surface area contributed by atoms with Crippen molar-refractivity contribution in [3.05, 3.63) is 142 Å². The number of esters is 2. The Bertz CT molecular complexity index is 2080. The minimum atomic E-state index is -4.64. The number of hydrogen-bond acceptors (Lipinski definition) is 6. The Kier molecular flexibility index (Phi) is 11.0. The van der Waals surface area contributed by atoms with Gasteiger partial charge in [0.2, 0.25) is 0 Å². The van der Waals surface area contributed by atoms with Crippen molar-refractivity contribution in [2.45, 2.75) is 99.7 Å². The van der Waals surface area contributed by atoms with Gasteiger partial charge in [0.15, 0.2) is 5.60 Å². The lowest BCUT2D eigenvalue weighted by atomic mass is 9.52. The second-order valence-corrected chi connectivity index (χ2v) is 16.3. The number of Topliss-reactive ketones (excluding diaryl/α,β-unsaturated/α-hetero) is 1. The number of aliphatic hydroxyl groups is 1. The number of carbonyl (C=O) groups is 3. The Morgan fingerprint density at radius 2 is 1.16 bits per heavy atom. The average Bonchev–Trinajstić information content (AvgIpc) is 3.21. The molecule has 0 amide bonds. The van der Waals surface area contributed by atoms with Crippen molar-refractivity contribution in [1.29, 1.82) is 0 Å². The lowest BCUT2D eigenvalue weighted by molar-refractivity contribution is -0.279. The summed E-state index contributed by atoms with van der Waals surface area (Å²) in [6.07, 6.45) is 1.85. The second-order valence-electron chi connectivity index (χ2n) is 16.3. The van der Waals surface area contributed by atoms with Gasteiger partial charge >= 0.3 is 18.1 Å². The molecule has 5 atom stereocenters. The summed E-state index contributed by atoms with van der Waals surface area (Å²) in [6.45, 7) is 0. The Morgan fingerprint density at radius 3 is 1.64 bits per heavy atom. The van der Waals surface area contributed by atoms with Gasteiger partial charge in [0.25, 0.3) is 0 Å². The topological polar surface area (TPSA) is 89.9 Å². The standard InChI is InChI=1S/C24H25F3O3.C23H24O3/c1-30-21(28)18-8-10-20-17(13-18)7-9-19-15-23(29,24(25,26)27)12-11-22(19,20)14-16-5-3-2-4-6-16;1-26-22(25)18-8-10-21-17(13-18)7-9-19-14-20(24)11-12-23(19,21)15-16-5-3-2-4-6-16/h2-6,8,10,13,19,29H,7,9,11-12,14-15H2,1H3;2-6,8,10,13,19H,7,9,11-12,14-15H2,1H3/t19-,22+,23-;19-,23+/m11/s1. The van der Waals surface area contributed by atoms with Gasteiger partial charge in [-0.05, 0) is 134 Å². The average molecular weight is 767 g/mol. The van der Waals surface area contributed by atoms with E-state index in [4.69, 9.17) is 9.47 Å². The van der Waals surface area contributed by atoms with Crippen LogP contribution in [0.3, 0.4) is 0 Å². The summed E-state index contributed by atoms with van der Waals surface area (Å²) >= 11 is 0. The summed E-state index contributed by atoms with van der Waals surface area (Å²) in [7, 11) is 2.75. The number of benzene rings is 4. The highest BCUT2D eigenvalue weighted by atomic mass is 19.4. The summed E-state index contributed by atoms with van der Waals surface area (Å²) in [4.78, 5) is 36.0. The zero-order chi connectivity index (χ0) is 39.7. The van der Waals surface area contributed by atoms with E-state index in [0.29, 0.717) is 54.9 Å². The predicted molar refractivity (Wildman–Crippen MR) is 207 cm³/mol. The molecule has 56 heavy (non-hydrogen) atoms. The van der Waals surface area contributed by atoms with Crippen LogP contribution in [0.5, 0.6) is 0 Å². The maximum absolute atomic E-state index is 13.6. The third kappa shape index (κ3) is 7.42. The van der Waals surface area contributed by atoms with Crippen molar-refractivity contribution < 1.29 is 42.1 Å². The molecule has 0 saturated heterocycles. The van der Waals surface area contributed by atoms with E-state index in [9.17, 15) is 32.7 Å². The van der Waals surface area contributed by atoms with Gasteiger partial charge in [0, 0.05) is 23.7 Å². The number of halogens is 3. The number of rotatable bonds is 6. The van der Waals surface area contributed by atoms with Crippen LogP contribution in [0.4, 0.5) is 13.2 Å². The molecule has 0 spiro atoms. The lowest BCUT2D eigenvalue weighted by Crippen LogP contribution is -2.56. The van der Waals surface area contributed by atoms with E-state index >= 15 is 0 Å². The molecule has 0 unspecified atom stereocenters. The Hall–Kier alpha value is -4.76. The normalized spacial score (nSPS) is 26.6. The third-order valence-corrected chi connectivity index (χ3v) is 13.4. The molecule has 8 rings (SSSR count). The third-order valence-electron chi connectivity index (χ3n) is 13.4. The first-order valence-corrected chi connectivity index (χ1v) is 19.6. The number of fused-ring (bicyclic) bond motifs is 6. The molecular weight excluding hydrogens is 718 g/mol. The number of ketones is 1. The minimum absolute atomic E-state index is 0.00248. The first-order chi connectivity index (χ1) is 26.8. The van der Waals surface area contributed by atoms with Gasteiger partial charge in [-0.2, -0.15) is 13.2 Å². The van der Waals surface area contributed by atoms with E-state index in [1.54, 1.807) is 6.07 Å². The van der Waals surface area contributed by atoms with Gasteiger partial charge in [-0.1, -0.05) is 72.8 Å². The highest BCUT2D eigenvalue weighted by Gasteiger charge is 2.61. The van der Waals surface area contributed by atoms with Crippen LogP contribution in [0, 0.1) is 11.8 Å². The van der Waals surface area contributed by atoms with E-state index < -0.39 is 23.2 Å². The fourth-order valence-electron chi connectivity index (χ4n) is 10.5. The zero-order valence-electron chi connectivity index (χ0n) is 32.0. The SMILES string of the molecule is COC(=O)c1ccc2c(c1)CC[C@@H]1CC(=O)CC[C@@]21Cc1ccccc1.COC(=O)c1ccc2c(c1)CC[C@@H]1C[C@@](O)(C(F)(F)F)CC[C@@]21Cc1ccccc1. The number of methoxy groups -OCH3 is 2. The van der Waals surface area contributed by atoms with Gasteiger partial charge in [0.1, 0.15) is 5.78 Å². The first-order valence-electron chi connectivity index (χ1n) is 19.6. The van der Waals surface area contributed by atoms with Crippen molar-refractivity contribution in [2.24, 2.45) is 11.8 Å². The number of alkyl halides is 3. The monoisotopic (exact) mass is 766 g/mol. The maximum atomic E-state index is 13.6. The van der Waals surface area contributed by atoms with Crippen LogP contribution in [-0.4, -0.2) is 48.8 Å². The number of ether oxygens (including phenoxy) is 2. The number of carbonyl (C=O) groups excluding carboxylic acids is 3. The minimum Gasteiger partial charge on any atom is -0.465 e. The molecule has 1 N–H and O–H groups in total. The number of hydrogen-bond donors (Lipinski definition) is 1. The second kappa shape index (κ2) is 15.6. The van der Waals surface area contributed by atoms with Gasteiger partial charge < -0.3 is 14.6 Å². The fourth-order valence-corrected chi connectivity index (χ4v) is 10.5. The fraction of sp³-hybridized carbons (Fsp3) is 0.426. The van der Waals surface area contributed by atoms with Crippen molar-refractivity contribution in [2.75, 3.05) is 14.2 Å². The van der Waals surface area contributed by atoms with E-state index in [0.717, 1.165) is 42.4 Å². The molecule has 0 bridgehead atoms. The van der Waals surface area contributed by atoms with Gasteiger partial charge in [-0.25, -0.2) is 9.59 Å². The Balaban J connectivity index is 0.000000173. The smallest absolute Gasteiger partial charge is 0.417 e. The van der Waals surface area contributed by atoms with Crippen LogP contribution in [-0.2, 0) is 50.8 Å². The molecule has 4 aliphatic carbocycles. The summed E-state index contributed by atoms with van der Waals surface area (Å²) in [5.41, 5.74) is 4.87. The molecule has 2 fully saturated rings. The maximum Gasteiger partial charge on any atom is 0.417 e. The van der Waals surface area contributed by atoms with E-state index in [1.165, 1.54) is 30.9 Å². The Morgan fingerprint density at radius 1 is 0.679 bits per heavy atom. The van der Waals surface area contributed by atoms with Crippen LogP contribution < -0.4 is 0 Å². The molecular formula is C47H49F3O6. The quantitative estimate of drug-likeness (QED) is 0.197. The molecule has 294 valence electrons. The van der Waals surface area contributed by atoms with Crippen molar-refractivity contribution in [3.8, 4) is 0 Å². The highest BCUT2D eigenvalue weighted by molar-refractivity contribution is 5.90. The van der Waals surface area contributed by atoms with Gasteiger partial charge in [0.05, 0.1) is 25.3 Å². The molecule has 6 nitrogen and oxygen atoms in total. The Labute approximate surface area is 326 Å². The molecule has 0 aromatic heterocycles. The first kappa shape index (κ1) is 39.5. The summed E-state index contributed by atoms with van der Waals surface area (Å²) in [5, 5.41) is 10.4. The summed E-state index contributed by atoms with van der Waals surface area (Å²) in [5.74, 6) is -0.221. The van der Waals surface area contributed by atoms with Crippen LogP contribution >= 0.6 is 0 Å². The molecule has 4 aliphatic rings. The molecule has 0 heterocycles. The largest absolute Gasteiger partial charge is 0.465 e. The predicted octanol–water partition coefficient (Wildman–Crippen LogP) is 9.26. The number of aryl methyl sites for hydroxylation is 2. The van der Waals surface area contributed by atoms with Gasteiger partial charge in [-0.3, -0.25) is 4.79 Å². The van der Waals surface area contributed by atoms with Crippen LogP contribution in [0.1, 0.15) is 105 Å². The molecule has 0 radical (unpaired) electrons. The van der Waals surface area contributed by atoms with Crippen molar-refractivity contribution in [3.63, 3.8) is 0 Å². The molecule has 4 aromatic carbocycles. The molecule has 9 heteroatoms.